The first-order valence-electron chi connectivity index (χ1n) is 8.16. The molecule has 1 fully saturated rings. The first-order valence-corrected chi connectivity index (χ1v) is 8.16. The summed E-state index contributed by atoms with van der Waals surface area (Å²) in [6.45, 7) is 3.02. The Labute approximate surface area is 171 Å². The van der Waals surface area contributed by atoms with E-state index in [1.165, 1.54) is 14.2 Å². The SMILES string of the molecule is COC(=O)c1cc(N2CCOCC2)ccc1NC(=O)CC(CN)OC.Cl.Cl. The van der Waals surface area contributed by atoms with Crippen LogP contribution in [-0.2, 0) is 19.0 Å². The van der Waals surface area contributed by atoms with Crippen LogP contribution in [0.25, 0.3) is 0 Å². The van der Waals surface area contributed by atoms with Crippen LogP contribution in [0.5, 0.6) is 0 Å². The highest BCUT2D eigenvalue weighted by Crippen LogP contribution is 2.25. The molecule has 1 aromatic rings. The standard InChI is InChI=1S/C17H25N3O5.2ClH/c1-23-13(11-18)10-16(21)19-15-4-3-12(9-14(15)17(22)24-2)20-5-7-25-8-6-20;;/h3-4,9,13H,5-8,10-11,18H2,1-2H3,(H,19,21);2*1H. The van der Waals surface area contributed by atoms with E-state index in [0.29, 0.717) is 24.5 Å². The second-order valence-corrected chi connectivity index (χ2v) is 5.67. The summed E-state index contributed by atoms with van der Waals surface area (Å²) in [4.78, 5) is 26.4. The number of amides is 1. The number of carbonyl (C=O) groups is 2. The van der Waals surface area contributed by atoms with Crippen molar-refractivity contribution >= 4 is 48.1 Å². The molecule has 0 aliphatic carbocycles. The minimum absolute atomic E-state index is 0. The molecule has 10 heteroatoms. The monoisotopic (exact) mass is 423 g/mol. The van der Waals surface area contributed by atoms with E-state index in [2.05, 4.69) is 10.2 Å². The van der Waals surface area contributed by atoms with Gasteiger partial charge in [-0.15, -0.1) is 24.8 Å². The molecule has 8 nitrogen and oxygen atoms in total. The number of esters is 1. The van der Waals surface area contributed by atoms with Crippen LogP contribution in [-0.4, -0.2) is 65.0 Å². The van der Waals surface area contributed by atoms with E-state index in [9.17, 15) is 9.59 Å². The maximum atomic E-state index is 12.2. The molecule has 0 saturated carbocycles. The van der Waals surface area contributed by atoms with Gasteiger partial charge in [0, 0.05) is 32.4 Å². The zero-order valence-corrected chi connectivity index (χ0v) is 17.1. The molecular weight excluding hydrogens is 397 g/mol. The Hall–Kier alpha value is -1.58. The van der Waals surface area contributed by atoms with Crippen LogP contribution in [0, 0.1) is 0 Å². The number of carbonyl (C=O) groups excluding carboxylic acids is 2. The predicted octanol–water partition coefficient (Wildman–Crippen LogP) is 1.46. The van der Waals surface area contributed by atoms with Gasteiger partial charge in [0.15, 0.2) is 0 Å². The maximum absolute atomic E-state index is 12.2. The van der Waals surface area contributed by atoms with Crippen molar-refractivity contribution < 1.29 is 23.8 Å². The number of nitrogens with zero attached hydrogens (tertiary/aromatic N) is 1. The van der Waals surface area contributed by atoms with Crippen molar-refractivity contribution in [2.75, 3.05) is 57.3 Å². The van der Waals surface area contributed by atoms with Crippen LogP contribution < -0.4 is 16.0 Å². The van der Waals surface area contributed by atoms with E-state index in [0.717, 1.165) is 18.8 Å². The Morgan fingerprint density at radius 2 is 1.93 bits per heavy atom. The maximum Gasteiger partial charge on any atom is 0.340 e. The minimum Gasteiger partial charge on any atom is -0.465 e. The number of nitrogens with one attached hydrogen (secondary N) is 1. The van der Waals surface area contributed by atoms with Gasteiger partial charge in [-0.25, -0.2) is 4.79 Å². The quantitative estimate of drug-likeness (QED) is 0.639. The fourth-order valence-corrected chi connectivity index (χ4v) is 2.61. The summed E-state index contributed by atoms with van der Waals surface area (Å²) in [5.74, 6) is -0.783. The zero-order valence-electron chi connectivity index (χ0n) is 15.4. The molecule has 154 valence electrons. The summed E-state index contributed by atoms with van der Waals surface area (Å²) in [6.07, 6.45) is -0.257. The van der Waals surface area contributed by atoms with E-state index in [1.54, 1.807) is 12.1 Å². The normalized spacial score (nSPS) is 14.4. The van der Waals surface area contributed by atoms with Gasteiger partial charge in [0.1, 0.15) is 0 Å². The van der Waals surface area contributed by atoms with Crippen molar-refractivity contribution in [1.82, 2.24) is 0 Å². The van der Waals surface area contributed by atoms with Crippen LogP contribution in [0.3, 0.4) is 0 Å². The number of nitrogens with two attached hydrogens (primary N) is 1. The number of morpholine rings is 1. The van der Waals surface area contributed by atoms with Crippen LogP contribution >= 0.6 is 24.8 Å². The topological polar surface area (TPSA) is 103 Å². The fourth-order valence-electron chi connectivity index (χ4n) is 2.61. The summed E-state index contributed by atoms with van der Waals surface area (Å²) in [6, 6.07) is 5.30. The molecule has 2 rings (SSSR count). The highest BCUT2D eigenvalue weighted by Gasteiger charge is 2.19. The van der Waals surface area contributed by atoms with E-state index in [4.69, 9.17) is 19.9 Å². The first kappa shape index (κ1) is 25.4. The number of rotatable bonds is 7. The van der Waals surface area contributed by atoms with Crippen LogP contribution in [0.2, 0.25) is 0 Å². The molecule has 0 spiro atoms. The van der Waals surface area contributed by atoms with E-state index < -0.39 is 5.97 Å². The third-order valence-corrected chi connectivity index (χ3v) is 4.07. The number of anilines is 2. The van der Waals surface area contributed by atoms with Crippen molar-refractivity contribution in [2.24, 2.45) is 5.73 Å². The Morgan fingerprint density at radius 1 is 1.26 bits per heavy atom. The van der Waals surface area contributed by atoms with Gasteiger partial charge in [0.2, 0.25) is 5.91 Å². The van der Waals surface area contributed by atoms with Gasteiger partial charge in [0.25, 0.3) is 0 Å². The van der Waals surface area contributed by atoms with Crippen LogP contribution in [0.4, 0.5) is 11.4 Å². The highest BCUT2D eigenvalue weighted by atomic mass is 35.5. The van der Waals surface area contributed by atoms with Gasteiger partial charge in [-0.3, -0.25) is 4.79 Å². The lowest BCUT2D eigenvalue weighted by Gasteiger charge is -2.29. The fraction of sp³-hybridized carbons (Fsp3) is 0.529. The van der Waals surface area contributed by atoms with Crippen molar-refractivity contribution in [3.05, 3.63) is 23.8 Å². The van der Waals surface area contributed by atoms with Gasteiger partial charge in [-0.2, -0.15) is 0 Å². The Kier molecular flexibility index (Phi) is 12.0. The molecular formula is C17H27Cl2N3O5. The molecule has 0 radical (unpaired) electrons. The molecule has 1 aliphatic rings. The smallest absolute Gasteiger partial charge is 0.340 e. The van der Waals surface area contributed by atoms with Gasteiger partial charge >= 0.3 is 5.97 Å². The van der Waals surface area contributed by atoms with Gasteiger partial charge in [0.05, 0.1) is 44.1 Å². The molecule has 27 heavy (non-hydrogen) atoms. The second kappa shape index (κ2) is 12.7. The lowest BCUT2D eigenvalue weighted by Crippen LogP contribution is -2.36. The average molecular weight is 424 g/mol. The summed E-state index contributed by atoms with van der Waals surface area (Å²) in [5, 5.41) is 2.74. The lowest BCUT2D eigenvalue weighted by atomic mass is 10.1. The van der Waals surface area contributed by atoms with E-state index >= 15 is 0 Å². The first-order chi connectivity index (χ1) is 12.1. The molecule has 1 unspecified atom stereocenters. The van der Waals surface area contributed by atoms with Crippen molar-refractivity contribution in [3.8, 4) is 0 Å². The molecule has 1 aromatic carbocycles. The van der Waals surface area contributed by atoms with E-state index in [1.807, 2.05) is 6.07 Å². The molecule has 1 aliphatic heterocycles. The molecule has 1 amide bonds. The molecule has 0 aromatic heterocycles. The van der Waals surface area contributed by atoms with Gasteiger partial charge in [-0.05, 0) is 18.2 Å². The Balaban J connectivity index is 0.00000338. The van der Waals surface area contributed by atoms with Gasteiger partial charge < -0.3 is 30.2 Å². The second-order valence-electron chi connectivity index (χ2n) is 5.67. The molecule has 0 bridgehead atoms. The van der Waals surface area contributed by atoms with Crippen LogP contribution in [0.15, 0.2) is 18.2 Å². The van der Waals surface area contributed by atoms with Crippen molar-refractivity contribution in [3.63, 3.8) is 0 Å². The zero-order chi connectivity index (χ0) is 18.2. The Morgan fingerprint density at radius 3 is 2.48 bits per heavy atom. The number of hydrogen-bond acceptors (Lipinski definition) is 7. The lowest BCUT2D eigenvalue weighted by molar-refractivity contribution is -0.118. The van der Waals surface area contributed by atoms with Crippen molar-refractivity contribution in [2.45, 2.75) is 12.5 Å². The third-order valence-electron chi connectivity index (χ3n) is 4.07. The summed E-state index contributed by atoms with van der Waals surface area (Å²) in [7, 11) is 2.81. The van der Waals surface area contributed by atoms with Crippen molar-refractivity contribution in [1.29, 1.82) is 0 Å². The molecule has 1 heterocycles. The summed E-state index contributed by atoms with van der Waals surface area (Å²) < 4.78 is 15.3. The third kappa shape index (κ3) is 7.15. The number of methoxy groups -OCH3 is 2. The minimum atomic E-state index is -0.507. The van der Waals surface area contributed by atoms with E-state index in [-0.39, 0.29) is 49.8 Å². The highest BCUT2D eigenvalue weighted by molar-refractivity contribution is 6.02. The number of hydrogen-bond donors (Lipinski definition) is 2. The number of halogens is 2. The number of benzene rings is 1. The van der Waals surface area contributed by atoms with Crippen LogP contribution in [0.1, 0.15) is 16.8 Å². The Bertz CT molecular complexity index is 608. The summed E-state index contributed by atoms with van der Waals surface area (Å²) in [5.41, 5.74) is 7.13. The largest absolute Gasteiger partial charge is 0.465 e. The summed E-state index contributed by atoms with van der Waals surface area (Å²) >= 11 is 0. The van der Waals surface area contributed by atoms with Gasteiger partial charge in [-0.1, -0.05) is 0 Å². The number of ether oxygens (including phenoxy) is 3. The average Bonchev–Trinajstić information content (AvgIpc) is 2.66. The molecule has 3 N–H and O–H groups in total. The molecule has 1 saturated heterocycles. The molecule has 1 atom stereocenters. The predicted molar refractivity (Wildman–Crippen MR) is 108 cm³/mol.